The fourth-order valence-corrected chi connectivity index (χ4v) is 3.96. The standard InChI is InChI=1S/C16H16N2O6S/c19-16(20)11-6-12-17(13-7-2-1-3-8-13)25(23,24)15-10-5-4-9-14(15)18(21)22/h1-5,7-10H,6,11-12H2,(H,19,20). The summed E-state index contributed by atoms with van der Waals surface area (Å²) in [6.45, 7) is -0.106. The highest BCUT2D eigenvalue weighted by Gasteiger charge is 2.31. The van der Waals surface area contributed by atoms with Crippen molar-refractivity contribution >= 4 is 27.4 Å². The molecule has 8 nitrogen and oxygen atoms in total. The van der Waals surface area contributed by atoms with Crippen molar-refractivity contribution in [1.29, 1.82) is 0 Å². The Kier molecular flexibility index (Phi) is 5.71. The number of sulfonamides is 1. The van der Waals surface area contributed by atoms with Gasteiger partial charge in [0.2, 0.25) is 0 Å². The van der Waals surface area contributed by atoms with Crippen molar-refractivity contribution < 1.29 is 23.2 Å². The molecule has 2 rings (SSSR count). The van der Waals surface area contributed by atoms with E-state index in [1.54, 1.807) is 30.3 Å². The maximum absolute atomic E-state index is 13.0. The van der Waals surface area contributed by atoms with Crippen molar-refractivity contribution in [3.8, 4) is 0 Å². The third kappa shape index (κ3) is 4.32. The summed E-state index contributed by atoms with van der Waals surface area (Å²) in [6.07, 6.45) is -0.139. The Morgan fingerprint density at radius 2 is 1.68 bits per heavy atom. The predicted octanol–water partition coefficient (Wildman–Crippen LogP) is 2.65. The van der Waals surface area contributed by atoms with Crippen LogP contribution in [0, 0.1) is 10.1 Å². The van der Waals surface area contributed by atoms with Crippen molar-refractivity contribution in [2.45, 2.75) is 17.7 Å². The van der Waals surface area contributed by atoms with Crippen LogP contribution in [-0.2, 0) is 14.8 Å². The van der Waals surface area contributed by atoms with E-state index in [0.717, 1.165) is 10.4 Å². The number of benzene rings is 2. The van der Waals surface area contributed by atoms with Crippen LogP contribution in [-0.4, -0.2) is 31.0 Å². The Morgan fingerprint density at radius 1 is 1.08 bits per heavy atom. The van der Waals surface area contributed by atoms with Crippen LogP contribution in [0.1, 0.15) is 12.8 Å². The topological polar surface area (TPSA) is 118 Å². The van der Waals surface area contributed by atoms with Crippen molar-refractivity contribution in [2.75, 3.05) is 10.8 Å². The summed E-state index contributed by atoms with van der Waals surface area (Å²) >= 11 is 0. The van der Waals surface area contributed by atoms with Gasteiger partial charge in [0.25, 0.3) is 15.7 Å². The summed E-state index contributed by atoms with van der Waals surface area (Å²) in [7, 11) is -4.23. The van der Waals surface area contributed by atoms with E-state index in [1.165, 1.54) is 18.2 Å². The first-order valence-corrected chi connectivity index (χ1v) is 8.81. The van der Waals surface area contributed by atoms with E-state index in [9.17, 15) is 23.3 Å². The lowest BCUT2D eigenvalue weighted by Gasteiger charge is -2.24. The number of carboxylic acid groups (broad SMARTS) is 1. The maximum Gasteiger partial charge on any atom is 0.303 e. The Labute approximate surface area is 144 Å². The number of nitro groups is 1. The summed E-state index contributed by atoms with van der Waals surface area (Å²) < 4.78 is 27.0. The zero-order valence-electron chi connectivity index (χ0n) is 13.1. The van der Waals surface area contributed by atoms with Crippen molar-refractivity contribution in [2.24, 2.45) is 0 Å². The van der Waals surface area contributed by atoms with Gasteiger partial charge < -0.3 is 5.11 Å². The summed E-state index contributed by atoms with van der Waals surface area (Å²) in [5.41, 5.74) is -0.215. The number of carbonyl (C=O) groups is 1. The highest BCUT2D eigenvalue weighted by molar-refractivity contribution is 7.93. The molecule has 25 heavy (non-hydrogen) atoms. The molecule has 9 heteroatoms. The minimum Gasteiger partial charge on any atom is -0.481 e. The predicted molar refractivity (Wildman–Crippen MR) is 90.9 cm³/mol. The van der Waals surface area contributed by atoms with Crippen LogP contribution in [0.3, 0.4) is 0 Å². The minimum absolute atomic E-state index is 0.0735. The van der Waals surface area contributed by atoms with Gasteiger partial charge in [-0.2, -0.15) is 0 Å². The van der Waals surface area contributed by atoms with Gasteiger partial charge in [0.1, 0.15) is 0 Å². The molecule has 0 fully saturated rings. The normalized spacial score (nSPS) is 11.0. The molecular formula is C16H16N2O6S. The van der Waals surface area contributed by atoms with E-state index in [2.05, 4.69) is 0 Å². The molecule has 0 aromatic heterocycles. The van der Waals surface area contributed by atoms with Crippen LogP contribution in [0.25, 0.3) is 0 Å². The van der Waals surface area contributed by atoms with E-state index < -0.39 is 31.5 Å². The molecule has 0 saturated carbocycles. The highest BCUT2D eigenvalue weighted by atomic mass is 32.2. The van der Waals surface area contributed by atoms with Gasteiger partial charge in [0.15, 0.2) is 4.90 Å². The number of hydrogen-bond donors (Lipinski definition) is 1. The molecule has 1 N–H and O–H groups in total. The lowest BCUT2D eigenvalue weighted by molar-refractivity contribution is -0.387. The Bertz CT molecular complexity index is 867. The number of anilines is 1. The Hall–Kier alpha value is -2.94. The van der Waals surface area contributed by atoms with Gasteiger partial charge in [-0.05, 0) is 24.6 Å². The molecule has 0 atom stereocenters. The molecule has 0 unspecified atom stereocenters. The molecular weight excluding hydrogens is 348 g/mol. The van der Waals surface area contributed by atoms with Crippen LogP contribution in [0.2, 0.25) is 0 Å². The van der Waals surface area contributed by atoms with E-state index in [0.29, 0.717) is 5.69 Å². The van der Waals surface area contributed by atoms with Gasteiger partial charge in [-0.25, -0.2) is 8.42 Å². The van der Waals surface area contributed by atoms with Gasteiger partial charge in [-0.3, -0.25) is 19.2 Å². The fourth-order valence-electron chi connectivity index (χ4n) is 2.30. The first-order valence-electron chi connectivity index (χ1n) is 7.37. The SMILES string of the molecule is O=C(O)CCCN(c1ccccc1)S(=O)(=O)c1ccccc1[N+](=O)[O-]. The van der Waals surface area contributed by atoms with Crippen LogP contribution < -0.4 is 4.31 Å². The van der Waals surface area contributed by atoms with Crippen LogP contribution in [0.5, 0.6) is 0 Å². The van der Waals surface area contributed by atoms with Crippen molar-refractivity contribution in [3.63, 3.8) is 0 Å². The lowest BCUT2D eigenvalue weighted by Crippen LogP contribution is -2.32. The minimum atomic E-state index is -4.23. The largest absolute Gasteiger partial charge is 0.481 e. The van der Waals surface area contributed by atoms with Gasteiger partial charge in [-0.15, -0.1) is 0 Å². The molecule has 2 aromatic rings. The number of hydrogen-bond acceptors (Lipinski definition) is 5. The number of rotatable bonds is 8. The molecule has 0 heterocycles. The number of nitro benzene ring substituents is 1. The molecule has 0 spiro atoms. The molecule has 0 aliphatic rings. The van der Waals surface area contributed by atoms with Gasteiger partial charge in [0.05, 0.1) is 10.6 Å². The summed E-state index contributed by atoms with van der Waals surface area (Å²) in [4.78, 5) is 20.7. The van der Waals surface area contributed by atoms with Crippen molar-refractivity contribution in [3.05, 3.63) is 64.7 Å². The number of para-hydroxylation sites is 2. The third-order valence-corrected chi connectivity index (χ3v) is 5.30. The molecule has 0 aliphatic carbocycles. The number of nitrogens with zero attached hydrogens (tertiary/aromatic N) is 2. The van der Waals surface area contributed by atoms with Crippen molar-refractivity contribution in [1.82, 2.24) is 0 Å². The molecule has 0 amide bonds. The van der Waals surface area contributed by atoms with Gasteiger partial charge in [0, 0.05) is 19.0 Å². The Morgan fingerprint density at radius 3 is 2.28 bits per heavy atom. The summed E-state index contributed by atoms with van der Waals surface area (Å²) in [5, 5.41) is 20.0. The van der Waals surface area contributed by atoms with E-state index in [-0.39, 0.29) is 19.4 Å². The van der Waals surface area contributed by atoms with E-state index >= 15 is 0 Å². The highest BCUT2D eigenvalue weighted by Crippen LogP contribution is 2.29. The number of carboxylic acids is 1. The van der Waals surface area contributed by atoms with Crippen LogP contribution >= 0.6 is 0 Å². The molecule has 132 valence electrons. The molecule has 0 aliphatic heterocycles. The monoisotopic (exact) mass is 364 g/mol. The van der Waals surface area contributed by atoms with E-state index in [1.807, 2.05) is 0 Å². The fraction of sp³-hybridized carbons (Fsp3) is 0.188. The van der Waals surface area contributed by atoms with Gasteiger partial charge >= 0.3 is 5.97 Å². The second-order valence-corrected chi connectivity index (χ2v) is 6.97. The first kappa shape index (κ1) is 18.4. The molecule has 0 bridgehead atoms. The Balaban J connectivity index is 2.48. The summed E-state index contributed by atoms with van der Waals surface area (Å²) in [6, 6.07) is 13.1. The second-order valence-electron chi connectivity index (χ2n) is 5.13. The maximum atomic E-state index is 13.0. The van der Waals surface area contributed by atoms with Gasteiger partial charge in [-0.1, -0.05) is 30.3 Å². The molecule has 2 aromatic carbocycles. The average Bonchev–Trinajstić information content (AvgIpc) is 2.59. The zero-order valence-corrected chi connectivity index (χ0v) is 13.9. The first-order chi connectivity index (χ1) is 11.8. The van der Waals surface area contributed by atoms with Crippen LogP contribution in [0.15, 0.2) is 59.5 Å². The smallest absolute Gasteiger partial charge is 0.303 e. The molecule has 0 saturated heterocycles. The third-order valence-electron chi connectivity index (χ3n) is 3.43. The zero-order chi connectivity index (χ0) is 18.4. The quantitative estimate of drug-likeness (QED) is 0.568. The lowest BCUT2D eigenvalue weighted by atomic mass is 10.3. The van der Waals surface area contributed by atoms with Crippen LogP contribution in [0.4, 0.5) is 11.4 Å². The van der Waals surface area contributed by atoms with E-state index in [4.69, 9.17) is 5.11 Å². The summed E-state index contributed by atoms with van der Waals surface area (Å²) in [5.74, 6) is -1.05. The average molecular weight is 364 g/mol. The number of aliphatic carboxylic acids is 1. The second kappa shape index (κ2) is 7.75. The molecule has 0 radical (unpaired) electrons.